The van der Waals surface area contributed by atoms with E-state index in [9.17, 15) is 0 Å². The van der Waals surface area contributed by atoms with Crippen LogP contribution < -0.4 is 5.73 Å². The van der Waals surface area contributed by atoms with E-state index in [-0.39, 0.29) is 11.1 Å². The Morgan fingerprint density at radius 3 is 2.91 bits per heavy atom. The lowest BCUT2D eigenvalue weighted by Gasteiger charge is -2.06. The fourth-order valence-electron chi connectivity index (χ4n) is 0.685. The molecule has 11 heavy (non-hydrogen) atoms. The number of halogens is 1. The average Bonchev–Trinajstić information content (AvgIpc) is 2.28. The first-order chi connectivity index (χ1) is 5.15. The van der Waals surface area contributed by atoms with Gasteiger partial charge >= 0.3 is 0 Å². The Morgan fingerprint density at radius 2 is 2.55 bits per heavy atom. The fraction of sp³-hybridized carbons (Fsp3) is 0.400. The molecule has 0 spiro atoms. The van der Waals surface area contributed by atoms with Gasteiger partial charge in [0.15, 0.2) is 0 Å². The van der Waals surface area contributed by atoms with Crippen LogP contribution in [0, 0.1) is 16.7 Å². The smallest absolute Gasteiger partial charge is 0.136 e. The summed E-state index contributed by atoms with van der Waals surface area (Å²) in [6, 6.07) is 1.25. The summed E-state index contributed by atoms with van der Waals surface area (Å²) < 4.78 is 0.662. The van der Waals surface area contributed by atoms with Gasteiger partial charge in [-0.1, -0.05) is 11.8 Å². The number of hydrogen-bond acceptors (Lipinski definition) is 5. The molecule has 1 aliphatic rings. The summed E-state index contributed by atoms with van der Waals surface area (Å²) in [5.41, 5.74) is 5.49. The van der Waals surface area contributed by atoms with Crippen LogP contribution in [0.5, 0.6) is 0 Å². The second-order valence-corrected chi connectivity index (χ2v) is 4.38. The Hall–Kier alpha value is -0.380. The largest absolute Gasteiger partial charge is 0.317 e. The Kier molecular flexibility index (Phi) is 2.65. The van der Waals surface area contributed by atoms with Crippen molar-refractivity contribution in [1.82, 2.24) is 0 Å². The highest BCUT2D eigenvalue weighted by Gasteiger charge is 2.29. The molecule has 0 aromatic carbocycles. The van der Waals surface area contributed by atoms with Crippen molar-refractivity contribution >= 4 is 37.4 Å². The lowest BCUT2D eigenvalue weighted by atomic mass is 10.2. The predicted molar refractivity (Wildman–Crippen MR) is 49.1 cm³/mol. The van der Waals surface area contributed by atoms with Gasteiger partial charge in [0.1, 0.15) is 21.8 Å². The molecule has 0 bridgehead atoms. The van der Waals surface area contributed by atoms with Gasteiger partial charge in [0.05, 0.1) is 5.37 Å². The third-order valence-electron chi connectivity index (χ3n) is 1.20. The van der Waals surface area contributed by atoms with Crippen molar-refractivity contribution in [3.63, 3.8) is 0 Å². The van der Waals surface area contributed by atoms with Gasteiger partial charge in [-0.05, 0) is 15.9 Å². The summed E-state index contributed by atoms with van der Waals surface area (Å²) in [6.07, 6.45) is 0. The Labute approximate surface area is 76.5 Å². The Balaban J connectivity index is 2.75. The monoisotopic (exact) mass is 232 g/mol. The van der Waals surface area contributed by atoms with E-state index in [1.165, 1.54) is 11.8 Å². The zero-order chi connectivity index (χ0) is 8.43. The van der Waals surface area contributed by atoms with E-state index in [0.29, 0.717) is 3.95 Å². The summed E-state index contributed by atoms with van der Waals surface area (Å²) in [6.45, 7) is 0. The first kappa shape index (κ1) is 8.71. The van der Waals surface area contributed by atoms with E-state index >= 15 is 0 Å². The molecular weight excluding hydrogens is 228 g/mol. The van der Waals surface area contributed by atoms with Crippen molar-refractivity contribution < 1.29 is 0 Å². The molecule has 3 N–H and O–H groups in total. The molecule has 6 heteroatoms. The quantitative estimate of drug-likeness (QED) is 0.653. The highest BCUT2D eigenvalue weighted by atomic mass is 79.9. The number of nitrogens with two attached hydrogens (primary N) is 1. The lowest BCUT2D eigenvalue weighted by molar-refractivity contribution is 0.829. The third-order valence-corrected chi connectivity index (χ3v) is 2.80. The minimum absolute atomic E-state index is 0.0838. The summed E-state index contributed by atoms with van der Waals surface area (Å²) in [7, 11) is 0. The molecule has 0 fully saturated rings. The van der Waals surface area contributed by atoms with Crippen LogP contribution in [0.25, 0.3) is 0 Å². The minimum atomic E-state index is -0.473. The molecule has 1 aliphatic heterocycles. The zero-order valence-corrected chi connectivity index (χ0v) is 7.82. The van der Waals surface area contributed by atoms with E-state index < -0.39 is 6.04 Å². The van der Waals surface area contributed by atoms with Crippen molar-refractivity contribution in [2.75, 3.05) is 0 Å². The van der Waals surface area contributed by atoms with Crippen LogP contribution in [0.4, 0.5) is 0 Å². The van der Waals surface area contributed by atoms with Crippen molar-refractivity contribution in [2.45, 2.75) is 11.4 Å². The van der Waals surface area contributed by atoms with Crippen molar-refractivity contribution in [3.05, 3.63) is 0 Å². The maximum Gasteiger partial charge on any atom is 0.136 e. The maximum atomic E-state index is 8.38. The van der Waals surface area contributed by atoms with Crippen LogP contribution >= 0.6 is 27.7 Å². The predicted octanol–water partition coefficient (Wildman–Crippen LogP) is 0.681. The number of rotatable bonds is 1. The van der Waals surface area contributed by atoms with Gasteiger partial charge in [0, 0.05) is 0 Å². The van der Waals surface area contributed by atoms with Gasteiger partial charge in [-0.3, -0.25) is 10.4 Å². The molecule has 0 amide bonds. The number of nitriles is 1. The molecule has 0 aromatic heterocycles. The summed E-state index contributed by atoms with van der Waals surface area (Å²) in [4.78, 5) is 3.96. The van der Waals surface area contributed by atoms with Gasteiger partial charge in [-0.25, -0.2) is 0 Å². The maximum absolute atomic E-state index is 8.38. The number of nitrogens with zero attached hydrogens (tertiary/aromatic N) is 2. The van der Waals surface area contributed by atoms with Crippen molar-refractivity contribution in [2.24, 2.45) is 10.7 Å². The van der Waals surface area contributed by atoms with Gasteiger partial charge in [-0.2, -0.15) is 5.26 Å². The molecule has 1 rings (SSSR count). The van der Waals surface area contributed by atoms with Crippen LogP contribution in [0.15, 0.2) is 4.99 Å². The molecule has 0 saturated carbocycles. The first-order valence-corrected chi connectivity index (χ1v) is 4.46. The number of hydrogen-bond donors (Lipinski definition) is 2. The molecule has 2 atom stereocenters. The highest BCUT2D eigenvalue weighted by molar-refractivity contribution is 9.22. The molecular formula is C5H5BrN4S. The summed E-state index contributed by atoms with van der Waals surface area (Å²) >= 11 is 4.47. The van der Waals surface area contributed by atoms with Crippen LogP contribution in [0.3, 0.4) is 0 Å². The van der Waals surface area contributed by atoms with Crippen LogP contribution in [0.2, 0.25) is 0 Å². The molecule has 1 unspecified atom stereocenters. The molecule has 4 nitrogen and oxygen atoms in total. The topological polar surface area (TPSA) is 86.0 Å². The van der Waals surface area contributed by atoms with Crippen molar-refractivity contribution in [3.8, 4) is 6.07 Å². The van der Waals surface area contributed by atoms with Gasteiger partial charge in [0.2, 0.25) is 0 Å². The summed E-state index contributed by atoms with van der Waals surface area (Å²) in [5, 5.41) is 15.3. The first-order valence-electron chi connectivity index (χ1n) is 2.79. The number of aliphatic imine (C=N–C) groups is 1. The van der Waals surface area contributed by atoms with Crippen LogP contribution in [-0.4, -0.2) is 21.1 Å². The second-order valence-electron chi connectivity index (χ2n) is 1.93. The van der Waals surface area contributed by atoms with E-state index in [4.69, 9.17) is 16.4 Å². The van der Waals surface area contributed by atoms with Gasteiger partial charge < -0.3 is 5.73 Å². The summed E-state index contributed by atoms with van der Waals surface area (Å²) in [5.74, 6) is 0. The Morgan fingerprint density at radius 1 is 1.91 bits per heavy atom. The average molecular weight is 233 g/mol. The fourth-order valence-corrected chi connectivity index (χ4v) is 2.28. The van der Waals surface area contributed by atoms with Gasteiger partial charge in [-0.15, -0.1) is 0 Å². The lowest BCUT2D eigenvalue weighted by Crippen LogP contribution is -2.32. The normalized spacial score (nSPS) is 29.4. The molecule has 0 aliphatic carbocycles. The van der Waals surface area contributed by atoms with Crippen LogP contribution in [0.1, 0.15) is 0 Å². The van der Waals surface area contributed by atoms with E-state index in [1.54, 1.807) is 6.07 Å². The van der Waals surface area contributed by atoms with E-state index in [0.717, 1.165) is 0 Å². The molecule has 0 radical (unpaired) electrons. The van der Waals surface area contributed by atoms with E-state index in [1.807, 2.05) is 0 Å². The molecule has 0 saturated heterocycles. The number of thioether (sulfide) groups is 1. The Bertz CT molecular complexity index is 256. The molecule has 58 valence electrons. The highest BCUT2D eigenvalue weighted by Crippen LogP contribution is 2.26. The standard InChI is InChI=1S/C5H5BrN4S/c6-5-10-3(2(8)1-7)4(9)11-5/h3-4,8H,9H2/t3-,4?/m1/s1. The third kappa shape index (κ3) is 1.80. The second kappa shape index (κ2) is 3.34. The van der Waals surface area contributed by atoms with Crippen LogP contribution in [-0.2, 0) is 0 Å². The minimum Gasteiger partial charge on any atom is -0.317 e. The van der Waals surface area contributed by atoms with Gasteiger partial charge in [0.25, 0.3) is 0 Å². The molecule has 1 heterocycles. The SMILES string of the molecule is N#CC(=N)[C@H]1N=C(Br)SC1N. The molecule has 0 aromatic rings. The van der Waals surface area contributed by atoms with E-state index in [2.05, 4.69) is 20.9 Å². The van der Waals surface area contributed by atoms with Crippen molar-refractivity contribution in [1.29, 1.82) is 10.7 Å². The number of nitrogens with one attached hydrogen (secondary N) is 1. The zero-order valence-electron chi connectivity index (χ0n) is 5.41.